The Bertz CT molecular complexity index is 379. The molecular weight excluding hydrogens is 214 g/mol. The quantitative estimate of drug-likeness (QED) is 0.674. The van der Waals surface area contributed by atoms with Gasteiger partial charge in [-0.3, -0.25) is 9.59 Å². The van der Waals surface area contributed by atoms with Gasteiger partial charge in [0.25, 0.3) is 5.91 Å². The smallest absolute Gasteiger partial charge is 0.305 e. The summed E-state index contributed by atoms with van der Waals surface area (Å²) in [6, 6.07) is 6.84. The fourth-order valence-electron chi connectivity index (χ4n) is 1.04. The van der Waals surface area contributed by atoms with Crippen molar-refractivity contribution in [2.24, 2.45) is 0 Å². The summed E-state index contributed by atoms with van der Waals surface area (Å²) in [6.07, 6.45) is -0.0829. The minimum absolute atomic E-state index is 0.0829. The van der Waals surface area contributed by atoms with Crippen molar-refractivity contribution in [1.29, 1.82) is 0 Å². The first-order chi connectivity index (χ1) is 7.11. The van der Waals surface area contributed by atoms with E-state index in [4.69, 9.17) is 5.11 Å². The second-order valence-corrected chi connectivity index (χ2v) is 3.40. The monoisotopic (exact) mass is 225 g/mol. The molecular formula is C10H11NO3S. The van der Waals surface area contributed by atoms with Crippen LogP contribution in [-0.2, 0) is 4.79 Å². The van der Waals surface area contributed by atoms with E-state index in [1.165, 1.54) is 0 Å². The summed E-state index contributed by atoms with van der Waals surface area (Å²) in [5.74, 6) is -1.24. The van der Waals surface area contributed by atoms with Crippen LogP contribution < -0.4 is 5.32 Å². The third-order valence-electron chi connectivity index (χ3n) is 1.77. The van der Waals surface area contributed by atoms with E-state index in [2.05, 4.69) is 17.9 Å². The van der Waals surface area contributed by atoms with E-state index in [1.807, 2.05) is 0 Å². The summed E-state index contributed by atoms with van der Waals surface area (Å²) in [5, 5.41) is 10.9. The van der Waals surface area contributed by atoms with E-state index >= 15 is 0 Å². The molecule has 0 bridgehead atoms. The lowest BCUT2D eigenvalue weighted by atomic mass is 10.2. The van der Waals surface area contributed by atoms with Crippen molar-refractivity contribution in [1.82, 2.24) is 5.32 Å². The number of benzene rings is 1. The first-order valence-electron chi connectivity index (χ1n) is 4.39. The summed E-state index contributed by atoms with van der Waals surface area (Å²) in [4.78, 5) is 22.3. The maximum Gasteiger partial charge on any atom is 0.305 e. The molecule has 0 saturated heterocycles. The van der Waals surface area contributed by atoms with Gasteiger partial charge in [-0.2, -0.15) is 0 Å². The minimum atomic E-state index is -0.936. The third kappa shape index (κ3) is 3.63. The van der Waals surface area contributed by atoms with Crippen LogP contribution in [0.15, 0.2) is 29.2 Å². The van der Waals surface area contributed by atoms with Crippen molar-refractivity contribution in [3.8, 4) is 0 Å². The summed E-state index contributed by atoms with van der Waals surface area (Å²) in [7, 11) is 0. The number of amides is 1. The van der Waals surface area contributed by atoms with Crippen molar-refractivity contribution in [3.05, 3.63) is 29.8 Å². The van der Waals surface area contributed by atoms with Gasteiger partial charge in [0.1, 0.15) is 0 Å². The zero-order valence-electron chi connectivity index (χ0n) is 7.93. The van der Waals surface area contributed by atoms with Gasteiger partial charge in [-0.05, 0) is 12.1 Å². The fourth-order valence-corrected chi connectivity index (χ4v) is 1.31. The lowest BCUT2D eigenvalue weighted by molar-refractivity contribution is -0.136. The maximum atomic E-state index is 11.5. The fraction of sp³-hybridized carbons (Fsp3) is 0.200. The SMILES string of the molecule is O=C(O)CCNC(=O)c1ccccc1S. The molecule has 2 N–H and O–H groups in total. The number of hydrogen-bond acceptors (Lipinski definition) is 3. The largest absolute Gasteiger partial charge is 0.481 e. The van der Waals surface area contributed by atoms with Gasteiger partial charge in [-0.25, -0.2) is 0 Å². The molecule has 0 atom stereocenters. The number of thiol groups is 1. The topological polar surface area (TPSA) is 66.4 Å². The van der Waals surface area contributed by atoms with Gasteiger partial charge in [0.05, 0.1) is 12.0 Å². The zero-order valence-corrected chi connectivity index (χ0v) is 8.83. The molecule has 0 fully saturated rings. The number of nitrogens with one attached hydrogen (secondary N) is 1. The van der Waals surface area contributed by atoms with Crippen LogP contribution in [0.3, 0.4) is 0 Å². The summed E-state index contributed by atoms with van der Waals surface area (Å²) in [6.45, 7) is 0.121. The maximum absolute atomic E-state index is 11.5. The number of hydrogen-bond donors (Lipinski definition) is 3. The lowest BCUT2D eigenvalue weighted by Crippen LogP contribution is -2.26. The van der Waals surface area contributed by atoms with E-state index in [1.54, 1.807) is 24.3 Å². The predicted octanol–water partition coefficient (Wildman–Crippen LogP) is 1.18. The first kappa shape index (κ1) is 11.6. The molecule has 80 valence electrons. The number of aliphatic carboxylic acids is 1. The molecule has 1 aromatic rings. The Morgan fingerprint density at radius 1 is 1.33 bits per heavy atom. The lowest BCUT2D eigenvalue weighted by Gasteiger charge is -2.05. The zero-order chi connectivity index (χ0) is 11.3. The molecule has 0 heterocycles. The average molecular weight is 225 g/mol. The molecule has 0 spiro atoms. The van der Waals surface area contributed by atoms with Crippen molar-refractivity contribution >= 4 is 24.5 Å². The molecule has 4 nitrogen and oxygen atoms in total. The molecule has 15 heavy (non-hydrogen) atoms. The number of rotatable bonds is 4. The van der Waals surface area contributed by atoms with E-state index in [9.17, 15) is 9.59 Å². The van der Waals surface area contributed by atoms with Gasteiger partial charge >= 0.3 is 5.97 Å². The van der Waals surface area contributed by atoms with Crippen LogP contribution in [0.5, 0.6) is 0 Å². The number of carboxylic acids is 1. The van der Waals surface area contributed by atoms with E-state index in [0.717, 1.165) is 0 Å². The minimum Gasteiger partial charge on any atom is -0.481 e. The highest BCUT2D eigenvalue weighted by atomic mass is 32.1. The Kier molecular flexibility index (Phi) is 4.17. The Labute approximate surface area is 92.7 Å². The normalized spacial score (nSPS) is 9.67. The van der Waals surface area contributed by atoms with Crippen molar-refractivity contribution < 1.29 is 14.7 Å². The highest BCUT2D eigenvalue weighted by Gasteiger charge is 2.08. The van der Waals surface area contributed by atoms with Crippen molar-refractivity contribution in [2.45, 2.75) is 11.3 Å². The van der Waals surface area contributed by atoms with Gasteiger partial charge in [-0.1, -0.05) is 12.1 Å². The molecule has 0 unspecified atom stereocenters. The third-order valence-corrected chi connectivity index (χ3v) is 2.16. The summed E-state index contributed by atoms with van der Waals surface area (Å²) < 4.78 is 0. The standard InChI is InChI=1S/C10H11NO3S/c12-9(13)5-6-11-10(14)7-3-1-2-4-8(7)15/h1-4,15H,5-6H2,(H,11,14)(H,12,13). The molecule has 0 saturated carbocycles. The van der Waals surface area contributed by atoms with E-state index < -0.39 is 5.97 Å². The average Bonchev–Trinajstić information content (AvgIpc) is 2.17. The van der Waals surface area contributed by atoms with Crippen LogP contribution in [0.1, 0.15) is 16.8 Å². The first-order valence-corrected chi connectivity index (χ1v) is 4.84. The van der Waals surface area contributed by atoms with Gasteiger partial charge in [-0.15, -0.1) is 12.6 Å². The molecule has 0 aromatic heterocycles. The Morgan fingerprint density at radius 3 is 2.60 bits per heavy atom. The molecule has 0 aliphatic carbocycles. The van der Waals surface area contributed by atoms with Gasteiger partial charge in [0, 0.05) is 11.4 Å². The van der Waals surface area contributed by atoms with Crippen LogP contribution in [0.2, 0.25) is 0 Å². The van der Waals surface area contributed by atoms with E-state index in [-0.39, 0.29) is 18.9 Å². The van der Waals surface area contributed by atoms with Crippen LogP contribution in [0.4, 0.5) is 0 Å². The van der Waals surface area contributed by atoms with Gasteiger partial charge in [0.15, 0.2) is 0 Å². The van der Waals surface area contributed by atoms with Crippen LogP contribution in [0.25, 0.3) is 0 Å². The summed E-state index contributed by atoms with van der Waals surface area (Å²) >= 11 is 4.12. The van der Waals surface area contributed by atoms with Gasteiger partial charge in [0.2, 0.25) is 0 Å². The van der Waals surface area contributed by atoms with Crippen molar-refractivity contribution in [3.63, 3.8) is 0 Å². The molecule has 1 aromatic carbocycles. The molecule has 0 radical (unpaired) electrons. The number of carboxylic acid groups (broad SMARTS) is 1. The van der Waals surface area contributed by atoms with Crippen LogP contribution in [0, 0.1) is 0 Å². The molecule has 0 aliphatic rings. The Balaban J connectivity index is 2.54. The molecule has 0 aliphatic heterocycles. The van der Waals surface area contributed by atoms with E-state index in [0.29, 0.717) is 10.5 Å². The second kappa shape index (κ2) is 5.41. The summed E-state index contributed by atoms with van der Waals surface area (Å²) in [5.41, 5.74) is 0.450. The highest BCUT2D eigenvalue weighted by Crippen LogP contribution is 2.12. The van der Waals surface area contributed by atoms with Gasteiger partial charge < -0.3 is 10.4 Å². The second-order valence-electron chi connectivity index (χ2n) is 2.92. The Morgan fingerprint density at radius 2 is 2.00 bits per heavy atom. The number of carbonyl (C=O) groups is 2. The Hall–Kier alpha value is -1.49. The highest BCUT2D eigenvalue weighted by molar-refractivity contribution is 7.80. The predicted molar refractivity (Wildman–Crippen MR) is 58.3 cm³/mol. The molecule has 1 amide bonds. The molecule has 1 rings (SSSR count). The van der Waals surface area contributed by atoms with Crippen molar-refractivity contribution in [2.75, 3.05) is 6.54 Å². The van der Waals surface area contributed by atoms with Crippen LogP contribution in [-0.4, -0.2) is 23.5 Å². The van der Waals surface area contributed by atoms with Crippen LogP contribution >= 0.6 is 12.6 Å². The molecule has 5 heteroatoms. The number of carbonyl (C=O) groups excluding carboxylic acids is 1.